The average molecular weight is 272 g/mol. The lowest BCUT2D eigenvalue weighted by Crippen LogP contribution is -2.32. The molecule has 0 saturated carbocycles. The Labute approximate surface area is 118 Å². The van der Waals surface area contributed by atoms with Gasteiger partial charge in [0.2, 0.25) is 0 Å². The molecule has 0 unspecified atom stereocenters. The van der Waals surface area contributed by atoms with E-state index >= 15 is 4.39 Å². The first-order valence-electron chi connectivity index (χ1n) is 6.73. The van der Waals surface area contributed by atoms with Gasteiger partial charge in [0.1, 0.15) is 0 Å². The first kappa shape index (κ1) is 12.7. The van der Waals surface area contributed by atoms with Crippen LogP contribution in [0.1, 0.15) is 24.0 Å². The molecule has 1 heterocycles. The zero-order valence-electron chi connectivity index (χ0n) is 10.8. The summed E-state index contributed by atoms with van der Waals surface area (Å²) in [5.41, 5.74) is 0.185. The van der Waals surface area contributed by atoms with E-state index in [9.17, 15) is 0 Å². The van der Waals surface area contributed by atoms with Crippen LogP contribution in [-0.4, -0.2) is 11.0 Å². The number of alkyl halides is 1. The lowest BCUT2D eigenvalue weighted by atomic mass is 9.83. The molecule has 0 amide bonds. The number of benzene rings is 2. The van der Waals surface area contributed by atoms with Crippen molar-refractivity contribution in [3.63, 3.8) is 0 Å². The van der Waals surface area contributed by atoms with E-state index in [4.69, 9.17) is 0 Å². The SMILES string of the molecule is FC(c1ccccc1)(c1ccccc1)[C@@H]1CCCS1. The molecule has 0 bridgehead atoms. The van der Waals surface area contributed by atoms with Crippen LogP contribution in [-0.2, 0) is 5.67 Å². The molecule has 0 aromatic heterocycles. The molecule has 2 aromatic rings. The third-order valence-electron chi connectivity index (χ3n) is 3.76. The smallest absolute Gasteiger partial charge is 0.172 e. The number of hydrogen-bond donors (Lipinski definition) is 0. The first-order valence-corrected chi connectivity index (χ1v) is 7.78. The summed E-state index contributed by atoms with van der Waals surface area (Å²) in [7, 11) is 0. The lowest BCUT2D eigenvalue weighted by Gasteiger charge is -2.32. The van der Waals surface area contributed by atoms with Crippen LogP contribution in [0, 0.1) is 0 Å². The van der Waals surface area contributed by atoms with E-state index < -0.39 is 5.67 Å². The minimum atomic E-state index is -1.37. The van der Waals surface area contributed by atoms with Gasteiger partial charge in [-0.1, -0.05) is 60.7 Å². The fourth-order valence-electron chi connectivity index (χ4n) is 2.79. The van der Waals surface area contributed by atoms with Crippen LogP contribution in [0.5, 0.6) is 0 Å². The molecule has 1 atom stereocenters. The van der Waals surface area contributed by atoms with Crippen molar-refractivity contribution in [2.24, 2.45) is 0 Å². The predicted octanol–water partition coefficient (Wildman–Crippen LogP) is 4.80. The Hall–Kier alpha value is -1.28. The highest BCUT2D eigenvalue weighted by Gasteiger charge is 2.44. The van der Waals surface area contributed by atoms with Crippen molar-refractivity contribution in [2.45, 2.75) is 23.8 Å². The normalized spacial score (nSPS) is 19.5. The summed E-state index contributed by atoms with van der Waals surface area (Å²) < 4.78 is 15.9. The van der Waals surface area contributed by atoms with Gasteiger partial charge in [0, 0.05) is 5.25 Å². The topological polar surface area (TPSA) is 0 Å². The molecule has 3 rings (SSSR count). The van der Waals surface area contributed by atoms with Gasteiger partial charge >= 0.3 is 0 Å². The molecule has 0 N–H and O–H groups in total. The largest absolute Gasteiger partial charge is 0.232 e. The molecule has 19 heavy (non-hydrogen) atoms. The number of hydrogen-bond acceptors (Lipinski definition) is 1. The van der Waals surface area contributed by atoms with E-state index in [-0.39, 0.29) is 5.25 Å². The van der Waals surface area contributed by atoms with Crippen molar-refractivity contribution in [3.05, 3.63) is 71.8 Å². The standard InChI is InChI=1S/C17H17FS/c18-17(16-12-7-13-19-16,14-8-3-1-4-9-14)15-10-5-2-6-11-15/h1-6,8-11,16H,7,12-13H2/t16-/m0/s1. The molecule has 98 valence electrons. The molecule has 1 saturated heterocycles. The highest BCUT2D eigenvalue weighted by molar-refractivity contribution is 8.00. The van der Waals surface area contributed by atoms with Crippen LogP contribution >= 0.6 is 11.8 Å². The monoisotopic (exact) mass is 272 g/mol. The van der Waals surface area contributed by atoms with Gasteiger partial charge in [-0.15, -0.1) is 0 Å². The quantitative estimate of drug-likeness (QED) is 0.773. The van der Waals surface area contributed by atoms with Crippen LogP contribution in [0.15, 0.2) is 60.7 Å². The zero-order chi connectivity index (χ0) is 13.1. The van der Waals surface area contributed by atoms with E-state index in [1.54, 1.807) is 11.8 Å². The third-order valence-corrected chi connectivity index (χ3v) is 5.25. The van der Waals surface area contributed by atoms with E-state index in [0.717, 1.165) is 29.7 Å². The molecular formula is C17H17FS. The maximum atomic E-state index is 15.9. The number of halogens is 1. The Morgan fingerprint density at radius 1 is 0.895 bits per heavy atom. The lowest BCUT2D eigenvalue weighted by molar-refractivity contribution is 0.213. The van der Waals surface area contributed by atoms with E-state index in [2.05, 4.69) is 0 Å². The van der Waals surface area contributed by atoms with Crippen molar-refractivity contribution in [2.75, 3.05) is 5.75 Å². The summed E-state index contributed by atoms with van der Waals surface area (Å²) in [5, 5.41) is 0.0253. The molecule has 2 aromatic carbocycles. The summed E-state index contributed by atoms with van der Waals surface area (Å²) in [6.45, 7) is 0. The fourth-order valence-corrected chi connectivity index (χ4v) is 4.24. The van der Waals surface area contributed by atoms with Gasteiger partial charge in [0.15, 0.2) is 5.67 Å². The maximum absolute atomic E-state index is 15.9. The number of rotatable bonds is 3. The van der Waals surface area contributed by atoms with Crippen LogP contribution in [0.4, 0.5) is 4.39 Å². The second kappa shape index (κ2) is 5.38. The minimum absolute atomic E-state index is 0.0253. The predicted molar refractivity (Wildman–Crippen MR) is 80.3 cm³/mol. The summed E-state index contributed by atoms with van der Waals surface area (Å²) in [6.07, 6.45) is 2.06. The van der Waals surface area contributed by atoms with E-state index in [1.807, 2.05) is 60.7 Å². The molecule has 1 fully saturated rings. The average Bonchev–Trinajstić information content (AvgIpc) is 3.03. The second-order valence-electron chi connectivity index (χ2n) is 4.95. The molecule has 0 spiro atoms. The summed E-state index contributed by atoms with van der Waals surface area (Å²) in [6, 6.07) is 19.2. The van der Waals surface area contributed by atoms with Gasteiger partial charge in [0.05, 0.1) is 0 Å². The highest BCUT2D eigenvalue weighted by Crippen LogP contribution is 2.47. The van der Waals surface area contributed by atoms with Gasteiger partial charge < -0.3 is 0 Å². The van der Waals surface area contributed by atoms with Gasteiger partial charge in [0.25, 0.3) is 0 Å². The third kappa shape index (κ3) is 2.30. The van der Waals surface area contributed by atoms with Gasteiger partial charge in [-0.05, 0) is 29.7 Å². The first-order chi connectivity index (χ1) is 9.32. The minimum Gasteiger partial charge on any atom is -0.232 e. The van der Waals surface area contributed by atoms with Crippen LogP contribution in [0.3, 0.4) is 0 Å². The fraction of sp³-hybridized carbons (Fsp3) is 0.294. The Morgan fingerprint density at radius 3 is 1.84 bits per heavy atom. The molecule has 0 radical (unpaired) electrons. The molecule has 0 aliphatic carbocycles. The van der Waals surface area contributed by atoms with Crippen molar-refractivity contribution in [1.29, 1.82) is 0 Å². The van der Waals surface area contributed by atoms with Crippen molar-refractivity contribution in [3.8, 4) is 0 Å². The van der Waals surface area contributed by atoms with Crippen molar-refractivity contribution in [1.82, 2.24) is 0 Å². The Morgan fingerprint density at radius 2 is 1.42 bits per heavy atom. The molecule has 2 heteroatoms. The van der Waals surface area contributed by atoms with Crippen LogP contribution in [0.2, 0.25) is 0 Å². The highest BCUT2D eigenvalue weighted by atomic mass is 32.2. The van der Waals surface area contributed by atoms with Crippen LogP contribution < -0.4 is 0 Å². The number of thioether (sulfide) groups is 1. The Balaban J connectivity index is 2.10. The van der Waals surface area contributed by atoms with Crippen molar-refractivity contribution < 1.29 is 4.39 Å². The van der Waals surface area contributed by atoms with Crippen LogP contribution in [0.25, 0.3) is 0 Å². The second-order valence-corrected chi connectivity index (χ2v) is 6.26. The molecule has 0 nitrogen and oxygen atoms in total. The summed E-state index contributed by atoms with van der Waals surface area (Å²) in [5.74, 6) is 1.07. The van der Waals surface area contributed by atoms with Gasteiger partial charge in [-0.25, -0.2) is 4.39 Å². The Bertz CT molecular complexity index is 478. The molecule has 1 aliphatic heterocycles. The van der Waals surface area contributed by atoms with E-state index in [0.29, 0.717) is 0 Å². The van der Waals surface area contributed by atoms with Gasteiger partial charge in [-0.3, -0.25) is 0 Å². The van der Waals surface area contributed by atoms with Gasteiger partial charge in [-0.2, -0.15) is 11.8 Å². The van der Waals surface area contributed by atoms with Crippen molar-refractivity contribution >= 4 is 11.8 Å². The molecule has 1 aliphatic rings. The Kier molecular flexibility index (Phi) is 3.61. The summed E-state index contributed by atoms with van der Waals surface area (Å²) in [4.78, 5) is 0. The van der Waals surface area contributed by atoms with E-state index in [1.165, 1.54) is 0 Å². The maximum Gasteiger partial charge on any atom is 0.172 e. The molecular weight excluding hydrogens is 255 g/mol. The summed E-state index contributed by atoms with van der Waals surface area (Å²) >= 11 is 1.76. The zero-order valence-corrected chi connectivity index (χ0v) is 11.6.